The highest BCUT2D eigenvalue weighted by Gasteiger charge is 2.21. The quantitative estimate of drug-likeness (QED) is 0.814. The maximum absolute atomic E-state index is 13.3. The molecule has 106 valence electrons. The predicted molar refractivity (Wildman–Crippen MR) is 79.1 cm³/mol. The molecular formula is C15H22ClFN2. The zero-order valence-corrected chi connectivity index (χ0v) is 11.9. The number of nitrogens with two attached hydrogens (primary N) is 1. The molecule has 4 heteroatoms. The molecule has 0 amide bonds. The Morgan fingerprint density at radius 3 is 2.47 bits per heavy atom. The summed E-state index contributed by atoms with van der Waals surface area (Å²) in [5.74, 6) is 0.265. The first-order chi connectivity index (χ1) is 9.19. The highest BCUT2D eigenvalue weighted by atomic mass is 35.5. The fourth-order valence-electron chi connectivity index (χ4n) is 2.93. The van der Waals surface area contributed by atoms with Crippen molar-refractivity contribution in [2.75, 3.05) is 11.9 Å². The number of anilines is 1. The van der Waals surface area contributed by atoms with Crippen molar-refractivity contribution in [2.24, 2.45) is 11.7 Å². The molecule has 19 heavy (non-hydrogen) atoms. The first kappa shape index (κ1) is 14.6. The van der Waals surface area contributed by atoms with Gasteiger partial charge in [-0.25, -0.2) is 4.39 Å². The van der Waals surface area contributed by atoms with Crippen molar-refractivity contribution in [3.05, 3.63) is 29.0 Å². The van der Waals surface area contributed by atoms with Gasteiger partial charge in [-0.2, -0.15) is 0 Å². The standard InChI is InChI=1S/C15H22ClFN2/c16-12-7-13(17)9-14(8-12)19-15(10-18)11-5-3-1-2-4-6-11/h7-9,11,15,19H,1-6,10,18H2. The molecule has 0 aliphatic heterocycles. The summed E-state index contributed by atoms with van der Waals surface area (Å²) in [7, 11) is 0. The van der Waals surface area contributed by atoms with E-state index >= 15 is 0 Å². The van der Waals surface area contributed by atoms with E-state index in [-0.39, 0.29) is 11.9 Å². The second-order valence-electron chi connectivity index (χ2n) is 5.40. The topological polar surface area (TPSA) is 38.0 Å². The second-order valence-corrected chi connectivity index (χ2v) is 5.83. The lowest BCUT2D eigenvalue weighted by molar-refractivity contribution is 0.398. The van der Waals surface area contributed by atoms with Crippen LogP contribution in [0.3, 0.4) is 0 Å². The highest BCUT2D eigenvalue weighted by Crippen LogP contribution is 2.28. The van der Waals surface area contributed by atoms with Crippen molar-refractivity contribution in [1.82, 2.24) is 0 Å². The summed E-state index contributed by atoms with van der Waals surface area (Å²) in [5.41, 5.74) is 6.62. The largest absolute Gasteiger partial charge is 0.381 e. The number of hydrogen-bond acceptors (Lipinski definition) is 2. The molecule has 0 aromatic heterocycles. The summed E-state index contributed by atoms with van der Waals surface area (Å²) in [6, 6.07) is 4.75. The Morgan fingerprint density at radius 1 is 1.21 bits per heavy atom. The molecule has 1 unspecified atom stereocenters. The van der Waals surface area contributed by atoms with E-state index in [4.69, 9.17) is 17.3 Å². The molecular weight excluding hydrogens is 263 g/mol. The Hall–Kier alpha value is -0.800. The second kappa shape index (κ2) is 7.11. The average Bonchev–Trinajstić information content (AvgIpc) is 2.63. The first-order valence-electron chi connectivity index (χ1n) is 7.12. The van der Waals surface area contributed by atoms with Gasteiger partial charge < -0.3 is 11.1 Å². The molecule has 1 aliphatic rings. The van der Waals surface area contributed by atoms with Crippen LogP contribution in [0.1, 0.15) is 38.5 Å². The SMILES string of the molecule is NCC(Nc1cc(F)cc(Cl)c1)C1CCCCCC1. The third kappa shape index (κ3) is 4.36. The van der Waals surface area contributed by atoms with Crippen molar-refractivity contribution in [3.63, 3.8) is 0 Å². The molecule has 0 spiro atoms. The Bertz CT molecular complexity index is 383. The number of nitrogens with one attached hydrogen (secondary N) is 1. The van der Waals surface area contributed by atoms with Crippen LogP contribution >= 0.6 is 11.6 Å². The van der Waals surface area contributed by atoms with Crippen LogP contribution in [0.4, 0.5) is 10.1 Å². The molecule has 1 atom stereocenters. The minimum absolute atomic E-state index is 0.205. The van der Waals surface area contributed by atoms with Crippen molar-refractivity contribution in [1.29, 1.82) is 0 Å². The van der Waals surface area contributed by atoms with Gasteiger partial charge in [0.2, 0.25) is 0 Å². The normalized spacial score (nSPS) is 18.9. The molecule has 1 aliphatic carbocycles. The fourth-order valence-corrected chi connectivity index (χ4v) is 3.16. The van der Waals surface area contributed by atoms with Gasteiger partial charge in [0.25, 0.3) is 0 Å². The van der Waals surface area contributed by atoms with Gasteiger partial charge in [0.15, 0.2) is 0 Å². The van der Waals surface area contributed by atoms with E-state index in [0.29, 0.717) is 17.5 Å². The molecule has 2 rings (SSSR count). The molecule has 0 heterocycles. The van der Waals surface area contributed by atoms with E-state index in [1.807, 2.05) is 0 Å². The van der Waals surface area contributed by atoms with Crippen LogP contribution in [0.2, 0.25) is 5.02 Å². The molecule has 1 saturated carbocycles. The predicted octanol–water partition coefficient (Wildman–Crippen LogP) is 4.19. The maximum Gasteiger partial charge on any atom is 0.126 e. The minimum Gasteiger partial charge on any atom is -0.381 e. The molecule has 1 aromatic rings. The summed E-state index contributed by atoms with van der Waals surface area (Å²) >= 11 is 5.88. The van der Waals surface area contributed by atoms with Crippen molar-refractivity contribution in [2.45, 2.75) is 44.6 Å². The highest BCUT2D eigenvalue weighted by molar-refractivity contribution is 6.30. The summed E-state index contributed by atoms with van der Waals surface area (Å²) in [6.45, 7) is 0.568. The third-order valence-electron chi connectivity index (χ3n) is 3.94. The van der Waals surface area contributed by atoms with Gasteiger partial charge in [-0.05, 0) is 37.0 Å². The van der Waals surface area contributed by atoms with Crippen LogP contribution in [-0.4, -0.2) is 12.6 Å². The van der Waals surface area contributed by atoms with E-state index in [0.717, 1.165) is 5.69 Å². The van der Waals surface area contributed by atoms with Crippen LogP contribution in [-0.2, 0) is 0 Å². The van der Waals surface area contributed by atoms with Crippen LogP contribution in [0.5, 0.6) is 0 Å². The molecule has 2 nitrogen and oxygen atoms in total. The lowest BCUT2D eigenvalue weighted by atomic mass is 9.91. The van der Waals surface area contributed by atoms with Crippen molar-refractivity contribution >= 4 is 17.3 Å². The number of halogens is 2. The smallest absolute Gasteiger partial charge is 0.126 e. The van der Waals surface area contributed by atoms with Crippen molar-refractivity contribution in [3.8, 4) is 0 Å². The first-order valence-corrected chi connectivity index (χ1v) is 7.49. The third-order valence-corrected chi connectivity index (χ3v) is 4.16. The van der Waals surface area contributed by atoms with Gasteiger partial charge in [0.1, 0.15) is 5.82 Å². The van der Waals surface area contributed by atoms with E-state index in [9.17, 15) is 4.39 Å². The Kier molecular flexibility index (Phi) is 5.46. The zero-order valence-electron chi connectivity index (χ0n) is 11.2. The van der Waals surface area contributed by atoms with Gasteiger partial charge in [-0.15, -0.1) is 0 Å². The summed E-state index contributed by atoms with van der Waals surface area (Å²) in [6.07, 6.45) is 7.59. The van der Waals surface area contributed by atoms with Crippen LogP contribution < -0.4 is 11.1 Å². The van der Waals surface area contributed by atoms with Crippen LogP contribution in [0.15, 0.2) is 18.2 Å². The van der Waals surface area contributed by atoms with E-state index in [2.05, 4.69) is 5.32 Å². The van der Waals surface area contributed by atoms with E-state index in [1.54, 1.807) is 6.07 Å². The number of hydrogen-bond donors (Lipinski definition) is 2. The zero-order chi connectivity index (χ0) is 13.7. The maximum atomic E-state index is 13.3. The van der Waals surface area contributed by atoms with Crippen molar-refractivity contribution < 1.29 is 4.39 Å². The van der Waals surface area contributed by atoms with Crippen LogP contribution in [0, 0.1) is 11.7 Å². The molecule has 3 N–H and O–H groups in total. The molecule has 1 fully saturated rings. The molecule has 0 bridgehead atoms. The Morgan fingerprint density at radius 2 is 1.89 bits per heavy atom. The van der Waals surface area contributed by atoms with E-state index < -0.39 is 0 Å². The van der Waals surface area contributed by atoms with Gasteiger partial charge in [0.05, 0.1) is 0 Å². The summed E-state index contributed by atoms with van der Waals surface area (Å²) in [4.78, 5) is 0. The van der Waals surface area contributed by atoms with Gasteiger partial charge in [0, 0.05) is 23.3 Å². The lowest BCUT2D eigenvalue weighted by Crippen LogP contribution is -2.36. The fraction of sp³-hybridized carbons (Fsp3) is 0.600. The van der Waals surface area contributed by atoms with Crippen LogP contribution in [0.25, 0.3) is 0 Å². The van der Waals surface area contributed by atoms with Gasteiger partial charge >= 0.3 is 0 Å². The molecule has 1 aromatic carbocycles. The molecule has 0 radical (unpaired) electrons. The Labute approximate surface area is 119 Å². The minimum atomic E-state index is -0.313. The number of rotatable bonds is 4. The van der Waals surface area contributed by atoms with Gasteiger partial charge in [-0.1, -0.05) is 37.3 Å². The average molecular weight is 285 g/mol. The van der Waals surface area contributed by atoms with Gasteiger partial charge in [-0.3, -0.25) is 0 Å². The lowest BCUT2D eigenvalue weighted by Gasteiger charge is -2.27. The summed E-state index contributed by atoms with van der Waals surface area (Å²) < 4.78 is 13.3. The number of benzene rings is 1. The molecule has 0 saturated heterocycles. The van der Waals surface area contributed by atoms with E-state index in [1.165, 1.54) is 50.7 Å². The summed E-state index contributed by atoms with van der Waals surface area (Å²) in [5, 5.41) is 3.77. The monoisotopic (exact) mass is 284 g/mol. The Balaban J connectivity index is 2.04.